The molecular weight excluding hydrogens is 354 g/mol. The van der Waals surface area contributed by atoms with Crippen LogP contribution in [0.2, 0.25) is 0 Å². The molecule has 0 spiro atoms. The smallest absolute Gasteiger partial charge is 0.324 e. The Kier molecular flexibility index (Phi) is 4.42. The van der Waals surface area contributed by atoms with E-state index in [9.17, 15) is 31.1 Å². The van der Waals surface area contributed by atoms with Crippen molar-refractivity contribution in [3.63, 3.8) is 0 Å². The first kappa shape index (κ1) is 18.6. The monoisotopic (exact) mass is 364 g/mol. The lowest BCUT2D eigenvalue weighted by Gasteiger charge is -2.23. The molecule has 0 bridgehead atoms. The molecule has 1 aliphatic rings. The summed E-state index contributed by atoms with van der Waals surface area (Å²) in [4.78, 5) is 14.9. The van der Waals surface area contributed by atoms with E-state index in [2.05, 4.69) is 20.7 Å². The molecule has 2 rings (SSSR count). The molecule has 0 aromatic heterocycles. The van der Waals surface area contributed by atoms with Crippen LogP contribution in [0, 0.1) is 6.57 Å². The molecule has 134 valence electrons. The number of carbonyl (C=O) groups excluding carboxylic acids is 1. The van der Waals surface area contributed by atoms with Gasteiger partial charge in [-0.05, 0) is 19.1 Å². The standard InChI is InChI=1S/C14H10F6N4O/c1-12(6-10(23-24-12)14(18,19)20)11(25)22-7-3-4-9(21-2)8(5-7)13(15,16)17/h3-5,24H,6H2,1H3,(H,22,25). The van der Waals surface area contributed by atoms with Crippen LogP contribution in [0.15, 0.2) is 23.3 Å². The summed E-state index contributed by atoms with van der Waals surface area (Å²) in [5.41, 5.74) is -3.10. The normalized spacial score (nSPS) is 20.5. The molecule has 25 heavy (non-hydrogen) atoms. The number of nitrogens with zero attached hydrogens (tertiary/aromatic N) is 2. The van der Waals surface area contributed by atoms with Crippen molar-refractivity contribution in [3.05, 3.63) is 35.2 Å². The molecule has 1 atom stereocenters. The van der Waals surface area contributed by atoms with Crippen molar-refractivity contribution in [1.29, 1.82) is 0 Å². The first-order valence-electron chi connectivity index (χ1n) is 6.68. The van der Waals surface area contributed by atoms with Crippen LogP contribution < -0.4 is 10.7 Å². The number of amides is 1. The number of benzene rings is 1. The van der Waals surface area contributed by atoms with E-state index in [0.717, 1.165) is 19.1 Å². The van der Waals surface area contributed by atoms with Crippen molar-refractivity contribution in [3.8, 4) is 0 Å². The van der Waals surface area contributed by atoms with Gasteiger partial charge < -0.3 is 5.32 Å². The summed E-state index contributed by atoms with van der Waals surface area (Å²) in [5.74, 6) is -0.987. The fraction of sp³-hybridized carbons (Fsp3) is 0.357. The molecule has 1 amide bonds. The van der Waals surface area contributed by atoms with E-state index in [4.69, 9.17) is 6.57 Å². The Labute approximate surface area is 137 Å². The predicted molar refractivity (Wildman–Crippen MR) is 76.0 cm³/mol. The summed E-state index contributed by atoms with van der Waals surface area (Å²) in [6.07, 6.45) is -10.3. The fourth-order valence-corrected chi connectivity index (χ4v) is 2.11. The molecule has 0 saturated heterocycles. The van der Waals surface area contributed by atoms with Crippen LogP contribution >= 0.6 is 0 Å². The number of anilines is 1. The molecule has 0 saturated carbocycles. The topological polar surface area (TPSA) is 57.9 Å². The van der Waals surface area contributed by atoms with E-state index >= 15 is 0 Å². The van der Waals surface area contributed by atoms with Gasteiger partial charge in [0.2, 0.25) is 0 Å². The molecule has 5 nitrogen and oxygen atoms in total. The molecular formula is C14H10F6N4O. The summed E-state index contributed by atoms with van der Waals surface area (Å²) in [6, 6.07) is 2.48. The minimum Gasteiger partial charge on any atom is -0.324 e. The Morgan fingerprint density at radius 3 is 2.40 bits per heavy atom. The van der Waals surface area contributed by atoms with Crippen molar-refractivity contribution in [2.24, 2.45) is 5.10 Å². The summed E-state index contributed by atoms with van der Waals surface area (Å²) < 4.78 is 76.5. The molecule has 0 aliphatic carbocycles. The Hall–Kier alpha value is -2.77. The molecule has 0 radical (unpaired) electrons. The summed E-state index contributed by atoms with van der Waals surface area (Å²) in [5, 5.41) is 5.18. The minimum absolute atomic E-state index is 0.298. The van der Waals surface area contributed by atoms with E-state index in [-0.39, 0.29) is 5.69 Å². The molecule has 2 N–H and O–H groups in total. The first-order valence-corrected chi connectivity index (χ1v) is 6.68. The van der Waals surface area contributed by atoms with Gasteiger partial charge in [0.25, 0.3) is 5.91 Å². The predicted octanol–water partition coefficient (Wildman–Crippen LogP) is 3.86. The highest BCUT2D eigenvalue weighted by atomic mass is 19.4. The average Bonchev–Trinajstić information content (AvgIpc) is 2.90. The van der Waals surface area contributed by atoms with Gasteiger partial charge in [0.1, 0.15) is 11.3 Å². The zero-order valence-electron chi connectivity index (χ0n) is 12.5. The fourth-order valence-electron chi connectivity index (χ4n) is 2.11. The zero-order chi connectivity index (χ0) is 19.0. The van der Waals surface area contributed by atoms with Crippen molar-refractivity contribution in [2.45, 2.75) is 31.2 Å². The zero-order valence-corrected chi connectivity index (χ0v) is 12.5. The van der Waals surface area contributed by atoms with Gasteiger partial charge in [0, 0.05) is 12.1 Å². The van der Waals surface area contributed by atoms with E-state index in [1.165, 1.54) is 0 Å². The van der Waals surface area contributed by atoms with Crippen LogP contribution in [0.5, 0.6) is 0 Å². The van der Waals surface area contributed by atoms with Crippen LogP contribution in [-0.2, 0) is 11.0 Å². The summed E-state index contributed by atoms with van der Waals surface area (Å²) in [7, 11) is 0. The minimum atomic E-state index is -4.82. The lowest BCUT2D eigenvalue weighted by atomic mass is 9.95. The second-order valence-corrected chi connectivity index (χ2v) is 5.47. The van der Waals surface area contributed by atoms with Crippen LogP contribution in [0.25, 0.3) is 4.85 Å². The van der Waals surface area contributed by atoms with Gasteiger partial charge in [-0.2, -0.15) is 31.4 Å². The Bertz CT molecular complexity index is 777. The van der Waals surface area contributed by atoms with Gasteiger partial charge in [-0.15, -0.1) is 0 Å². The van der Waals surface area contributed by atoms with Gasteiger partial charge in [0.15, 0.2) is 5.69 Å². The lowest BCUT2D eigenvalue weighted by molar-refractivity contribution is -0.136. The second kappa shape index (κ2) is 5.94. The Morgan fingerprint density at radius 2 is 1.92 bits per heavy atom. The third-order valence-electron chi connectivity index (χ3n) is 3.47. The van der Waals surface area contributed by atoms with Crippen LogP contribution in [0.3, 0.4) is 0 Å². The average molecular weight is 364 g/mol. The maximum atomic E-state index is 12.9. The third kappa shape index (κ3) is 3.84. The highest BCUT2D eigenvalue weighted by molar-refractivity contribution is 6.04. The van der Waals surface area contributed by atoms with Gasteiger partial charge >= 0.3 is 12.4 Å². The quantitative estimate of drug-likeness (QED) is 0.618. The number of rotatable bonds is 2. The van der Waals surface area contributed by atoms with Gasteiger partial charge in [-0.1, -0.05) is 6.07 Å². The van der Waals surface area contributed by atoms with Crippen LogP contribution in [-0.4, -0.2) is 23.3 Å². The number of hydrogen-bond donors (Lipinski definition) is 2. The molecule has 11 heteroatoms. The number of halogens is 6. The number of hydrogen-bond acceptors (Lipinski definition) is 3. The van der Waals surface area contributed by atoms with Crippen molar-refractivity contribution >= 4 is 23.0 Å². The molecule has 1 aromatic carbocycles. The maximum absolute atomic E-state index is 12.9. The molecule has 0 fully saturated rings. The first-order chi connectivity index (χ1) is 11.4. The SMILES string of the molecule is [C-]#[N+]c1ccc(NC(=O)C2(C)CC(C(F)(F)F)=NN2)cc1C(F)(F)F. The number of hydrazone groups is 1. The number of alkyl halides is 6. The van der Waals surface area contributed by atoms with E-state index in [1.54, 1.807) is 0 Å². The summed E-state index contributed by atoms with van der Waals surface area (Å²) in [6.45, 7) is 7.87. The van der Waals surface area contributed by atoms with E-state index < -0.39 is 47.2 Å². The van der Waals surface area contributed by atoms with Crippen molar-refractivity contribution in [1.82, 2.24) is 5.43 Å². The second-order valence-electron chi connectivity index (χ2n) is 5.47. The van der Waals surface area contributed by atoms with Gasteiger partial charge in [-0.25, -0.2) is 4.85 Å². The maximum Gasteiger partial charge on any atom is 0.431 e. The Balaban J connectivity index is 2.21. The number of carbonyl (C=O) groups is 1. The van der Waals surface area contributed by atoms with E-state index in [0.29, 0.717) is 6.07 Å². The highest BCUT2D eigenvalue weighted by Gasteiger charge is 2.48. The van der Waals surface area contributed by atoms with Gasteiger partial charge in [-0.3, -0.25) is 10.2 Å². The van der Waals surface area contributed by atoms with Gasteiger partial charge in [0.05, 0.1) is 12.1 Å². The summed E-state index contributed by atoms with van der Waals surface area (Å²) >= 11 is 0. The Morgan fingerprint density at radius 1 is 1.28 bits per heavy atom. The molecule has 1 aromatic rings. The number of nitrogens with one attached hydrogen (secondary N) is 2. The van der Waals surface area contributed by atoms with Crippen molar-refractivity contribution in [2.75, 3.05) is 5.32 Å². The molecule has 1 unspecified atom stereocenters. The molecule has 1 heterocycles. The molecule has 1 aliphatic heterocycles. The van der Waals surface area contributed by atoms with Crippen LogP contribution in [0.1, 0.15) is 18.9 Å². The lowest BCUT2D eigenvalue weighted by Crippen LogP contribution is -2.48. The largest absolute Gasteiger partial charge is 0.431 e. The van der Waals surface area contributed by atoms with Crippen LogP contribution in [0.4, 0.5) is 37.7 Å². The highest BCUT2D eigenvalue weighted by Crippen LogP contribution is 2.38. The third-order valence-corrected chi connectivity index (χ3v) is 3.47. The van der Waals surface area contributed by atoms with Crippen molar-refractivity contribution < 1.29 is 31.1 Å². The van der Waals surface area contributed by atoms with E-state index in [1.807, 2.05) is 0 Å².